The van der Waals surface area contributed by atoms with Crippen molar-refractivity contribution in [3.8, 4) is 0 Å². The normalized spacial score (nSPS) is 16.6. The van der Waals surface area contributed by atoms with Gasteiger partial charge < -0.3 is 10.6 Å². The first-order valence-corrected chi connectivity index (χ1v) is 8.75. The van der Waals surface area contributed by atoms with Gasteiger partial charge in [0.1, 0.15) is 5.54 Å². The number of aromatic nitrogens is 2. The van der Waals surface area contributed by atoms with E-state index >= 15 is 0 Å². The molecule has 0 bridgehead atoms. The fraction of sp³-hybridized carbons (Fsp3) is 0.300. The Morgan fingerprint density at radius 1 is 1.12 bits per heavy atom. The van der Waals surface area contributed by atoms with E-state index in [2.05, 4.69) is 40.0 Å². The maximum Gasteiger partial charge on any atom is 0.248 e. The van der Waals surface area contributed by atoms with E-state index in [4.69, 9.17) is 0 Å². The summed E-state index contributed by atoms with van der Waals surface area (Å²) < 4.78 is 1.83. The molecule has 3 aromatic rings. The number of nitrogens with zero attached hydrogens (tertiary/aromatic N) is 2. The van der Waals surface area contributed by atoms with Gasteiger partial charge in [-0.1, -0.05) is 42.5 Å². The van der Waals surface area contributed by atoms with Crippen molar-refractivity contribution in [3.05, 3.63) is 66.5 Å². The van der Waals surface area contributed by atoms with Crippen LogP contribution in [0.25, 0.3) is 10.8 Å². The first kappa shape index (κ1) is 15.8. The van der Waals surface area contributed by atoms with Crippen molar-refractivity contribution in [2.24, 2.45) is 0 Å². The van der Waals surface area contributed by atoms with Crippen molar-refractivity contribution in [1.29, 1.82) is 0 Å². The van der Waals surface area contributed by atoms with Gasteiger partial charge in [-0.2, -0.15) is 5.10 Å². The van der Waals surface area contributed by atoms with Crippen molar-refractivity contribution in [3.63, 3.8) is 0 Å². The zero-order valence-electron chi connectivity index (χ0n) is 14.1. The summed E-state index contributed by atoms with van der Waals surface area (Å²) in [5.41, 5.74) is 0.537. The summed E-state index contributed by atoms with van der Waals surface area (Å²) >= 11 is 0. The van der Waals surface area contributed by atoms with Crippen molar-refractivity contribution in [2.75, 3.05) is 13.1 Å². The van der Waals surface area contributed by atoms with Crippen molar-refractivity contribution < 1.29 is 4.79 Å². The number of piperidine rings is 1. The Kier molecular flexibility index (Phi) is 4.24. The molecule has 0 unspecified atom stereocenters. The Morgan fingerprint density at radius 2 is 1.92 bits per heavy atom. The minimum atomic E-state index is -0.598. The van der Waals surface area contributed by atoms with E-state index in [1.807, 2.05) is 35.1 Å². The van der Waals surface area contributed by atoms with Crippen LogP contribution in [0.15, 0.2) is 60.9 Å². The summed E-state index contributed by atoms with van der Waals surface area (Å²) in [7, 11) is 0. The molecule has 0 radical (unpaired) electrons. The zero-order chi connectivity index (χ0) is 17.1. The van der Waals surface area contributed by atoms with Crippen LogP contribution in [0.5, 0.6) is 0 Å². The highest BCUT2D eigenvalue weighted by Gasteiger charge is 2.41. The smallest absolute Gasteiger partial charge is 0.248 e. The van der Waals surface area contributed by atoms with Crippen LogP contribution in [-0.4, -0.2) is 28.8 Å². The van der Waals surface area contributed by atoms with E-state index < -0.39 is 5.54 Å². The van der Waals surface area contributed by atoms with Gasteiger partial charge in [0.15, 0.2) is 0 Å². The second kappa shape index (κ2) is 6.69. The number of fused-ring (bicyclic) bond motifs is 1. The Morgan fingerprint density at radius 3 is 2.72 bits per heavy atom. The molecule has 1 amide bonds. The van der Waals surface area contributed by atoms with Gasteiger partial charge in [0.05, 0.1) is 0 Å². The minimum Gasteiger partial charge on any atom is -0.350 e. The van der Waals surface area contributed by atoms with Gasteiger partial charge in [0.25, 0.3) is 0 Å². The molecule has 1 aromatic heterocycles. The Balaban J connectivity index is 1.58. The molecule has 0 spiro atoms. The Hall–Kier alpha value is -2.66. The van der Waals surface area contributed by atoms with Crippen LogP contribution in [0.4, 0.5) is 0 Å². The fourth-order valence-corrected chi connectivity index (χ4v) is 3.71. The molecule has 5 nitrogen and oxygen atoms in total. The highest BCUT2D eigenvalue weighted by atomic mass is 16.2. The summed E-state index contributed by atoms with van der Waals surface area (Å²) in [4.78, 5) is 13.1. The number of amides is 1. The third kappa shape index (κ3) is 2.91. The van der Waals surface area contributed by atoms with Crippen LogP contribution in [-0.2, 0) is 16.9 Å². The standard InChI is InChI=1S/C20H22N4O/c25-19(20(9-12-21-13-10-20)24-14-4-11-23-24)22-15-17-7-3-6-16-5-1-2-8-18(16)17/h1-8,11,14,21H,9-10,12-13,15H2,(H,22,25). The maximum atomic E-state index is 13.1. The lowest BCUT2D eigenvalue weighted by Crippen LogP contribution is -2.54. The molecule has 1 aliphatic rings. The van der Waals surface area contributed by atoms with E-state index in [-0.39, 0.29) is 5.91 Å². The summed E-state index contributed by atoms with van der Waals surface area (Å²) in [6.07, 6.45) is 5.12. The van der Waals surface area contributed by atoms with E-state index in [1.54, 1.807) is 6.20 Å². The highest BCUT2D eigenvalue weighted by Crippen LogP contribution is 2.27. The Labute approximate surface area is 147 Å². The number of nitrogens with one attached hydrogen (secondary N) is 2. The second-order valence-corrected chi connectivity index (χ2v) is 6.55. The second-order valence-electron chi connectivity index (χ2n) is 6.55. The maximum absolute atomic E-state index is 13.1. The predicted octanol–water partition coefficient (Wildman–Crippen LogP) is 2.43. The molecule has 1 aliphatic heterocycles. The first-order chi connectivity index (χ1) is 12.3. The van der Waals surface area contributed by atoms with Gasteiger partial charge in [-0.3, -0.25) is 9.48 Å². The molecule has 5 heteroatoms. The van der Waals surface area contributed by atoms with Crippen LogP contribution in [0.1, 0.15) is 18.4 Å². The SMILES string of the molecule is O=C(NCc1cccc2ccccc12)C1(n2cccn2)CCNCC1. The van der Waals surface area contributed by atoms with Gasteiger partial charge in [0.2, 0.25) is 5.91 Å². The van der Waals surface area contributed by atoms with Crippen molar-refractivity contribution >= 4 is 16.7 Å². The van der Waals surface area contributed by atoms with Crippen LogP contribution in [0.2, 0.25) is 0 Å². The van der Waals surface area contributed by atoms with Gasteiger partial charge in [0, 0.05) is 18.9 Å². The zero-order valence-corrected chi connectivity index (χ0v) is 14.1. The summed E-state index contributed by atoms with van der Waals surface area (Å²) in [6.45, 7) is 2.17. The first-order valence-electron chi connectivity index (χ1n) is 8.75. The third-order valence-corrected chi connectivity index (χ3v) is 5.12. The number of carbonyl (C=O) groups is 1. The molecule has 128 valence electrons. The molecule has 2 aromatic carbocycles. The molecule has 0 saturated carbocycles. The monoisotopic (exact) mass is 334 g/mol. The van der Waals surface area contributed by atoms with Crippen LogP contribution < -0.4 is 10.6 Å². The van der Waals surface area contributed by atoms with Gasteiger partial charge in [-0.25, -0.2) is 0 Å². The van der Waals surface area contributed by atoms with Gasteiger partial charge in [-0.15, -0.1) is 0 Å². The van der Waals surface area contributed by atoms with Gasteiger partial charge in [-0.05, 0) is 48.3 Å². The van der Waals surface area contributed by atoms with E-state index in [9.17, 15) is 4.79 Å². The van der Waals surface area contributed by atoms with E-state index in [1.165, 1.54) is 10.8 Å². The largest absolute Gasteiger partial charge is 0.350 e. The molecular weight excluding hydrogens is 312 g/mol. The average Bonchev–Trinajstić information content (AvgIpc) is 3.22. The van der Waals surface area contributed by atoms with Crippen LogP contribution >= 0.6 is 0 Å². The minimum absolute atomic E-state index is 0.0469. The molecule has 25 heavy (non-hydrogen) atoms. The van der Waals surface area contributed by atoms with Crippen molar-refractivity contribution in [1.82, 2.24) is 20.4 Å². The molecule has 1 fully saturated rings. The number of benzene rings is 2. The quantitative estimate of drug-likeness (QED) is 0.770. The topological polar surface area (TPSA) is 59.0 Å². The summed E-state index contributed by atoms with van der Waals surface area (Å²) in [5, 5.41) is 13.2. The molecular formula is C20H22N4O. The highest BCUT2D eigenvalue weighted by molar-refractivity contribution is 5.87. The summed E-state index contributed by atoms with van der Waals surface area (Å²) in [5.74, 6) is 0.0469. The Bertz CT molecular complexity index is 861. The fourth-order valence-electron chi connectivity index (χ4n) is 3.71. The lowest BCUT2D eigenvalue weighted by Gasteiger charge is -2.36. The molecule has 2 N–H and O–H groups in total. The van der Waals surface area contributed by atoms with Crippen molar-refractivity contribution in [2.45, 2.75) is 24.9 Å². The van der Waals surface area contributed by atoms with Gasteiger partial charge >= 0.3 is 0 Å². The molecule has 0 aliphatic carbocycles. The molecule has 2 heterocycles. The number of hydrogen-bond acceptors (Lipinski definition) is 3. The predicted molar refractivity (Wildman–Crippen MR) is 98.1 cm³/mol. The van der Waals surface area contributed by atoms with Crippen LogP contribution in [0, 0.1) is 0 Å². The van der Waals surface area contributed by atoms with E-state index in [0.29, 0.717) is 6.54 Å². The molecule has 1 saturated heterocycles. The van der Waals surface area contributed by atoms with E-state index in [0.717, 1.165) is 31.5 Å². The average molecular weight is 334 g/mol. The third-order valence-electron chi connectivity index (χ3n) is 5.12. The lowest BCUT2D eigenvalue weighted by atomic mass is 9.87. The number of rotatable bonds is 4. The molecule has 4 rings (SSSR count). The molecule has 0 atom stereocenters. The number of carbonyl (C=O) groups excluding carboxylic acids is 1. The number of hydrogen-bond donors (Lipinski definition) is 2. The van der Waals surface area contributed by atoms with Crippen LogP contribution in [0.3, 0.4) is 0 Å². The summed E-state index contributed by atoms with van der Waals surface area (Å²) in [6, 6.07) is 16.4. The lowest BCUT2D eigenvalue weighted by molar-refractivity contribution is -0.132.